The fraction of sp³-hybridized carbons (Fsp3) is 0.217. The molecule has 0 fully saturated rings. The van der Waals surface area contributed by atoms with Crippen molar-refractivity contribution in [1.82, 2.24) is 9.99 Å². The normalized spacial score (nSPS) is 10.9. The topological polar surface area (TPSA) is 67.7 Å². The van der Waals surface area contributed by atoms with Crippen LogP contribution < -0.4 is 15.5 Å². The van der Waals surface area contributed by atoms with Crippen molar-refractivity contribution in [2.45, 2.75) is 20.8 Å². The lowest BCUT2D eigenvalue weighted by atomic mass is 10.2. The van der Waals surface area contributed by atoms with Gasteiger partial charge in [-0.25, -0.2) is 5.43 Å². The van der Waals surface area contributed by atoms with Crippen LogP contribution in [-0.2, 0) is 4.79 Å². The zero-order chi connectivity index (χ0) is 20.8. The monoisotopic (exact) mass is 390 g/mol. The molecule has 1 heterocycles. The third kappa shape index (κ3) is 4.85. The van der Waals surface area contributed by atoms with Crippen LogP contribution in [0.2, 0.25) is 0 Å². The van der Waals surface area contributed by atoms with Crippen molar-refractivity contribution in [3.8, 4) is 11.4 Å². The van der Waals surface area contributed by atoms with Gasteiger partial charge in [0.05, 0.1) is 25.6 Å². The molecule has 1 aromatic heterocycles. The van der Waals surface area contributed by atoms with Crippen LogP contribution >= 0.6 is 0 Å². The third-order valence-electron chi connectivity index (χ3n) is 4.70. The van der Waals surface area contributed by atoms with Crippen molar-refractivity contribution in [2.24, 2.45) is 5.10 Å². The molecule has 6 heteroatoms. The summed E-state index contributed by atoms with van der Waals surface area (Å²) in [4.78, 5) is 12.1. The van der Waals surface area contributed by atoms with Gasteiger partial charge in [-0.2, -0.15) is 5.10 Å². The first kappa shape index (κ1) is 20.2. The maximum absolute atomic E-state index is 12.1. The number of anilines is 1. The lowest BCUT2D eigenvalue weighted by Gasteiger charge is -2.10. The van der Waals surface area contributed by atoms with E-state index >= 15 is 0 Å². The molecule has 29 heavy (non-hydrogen) atoms. The van der Waals surface area contributed by atoms with E-state index in [1.807, 2.05) is 31.2 Å². The molecular formula is C23H26N4O2. The number of aryl methyl sites for hydroxylation is 2. The van der Waals surface area contributed by atoms with E-state index in [-0.39, 0.29) is 12.5 Å². The van der Waals surface area contributed by atoms with Gasteiger partial charge in [0.2, 0.25) is 0 Å². The molecule has 0 saturated carbocycles. The van der Waals surface area contributed by atoms with Crippen LogP contribution in [0.5, 0.6) is 5.75 Å². The second kappa shape index (κ2) is 9.10. The van der Waals surface area contributed by atoms with E-state index in [2.05, 4.69) is 64.6 Å². The maximum atomic E-state index is 12.1. The summed E-state index contributed by atoms with van der Waals surface area (Å²) < 4.78 is 7.43. The Hall–Kier alpha value is -3.54. The predicted molar refractivity (Wildman–Crippen MR) is 117 cm³/mol. The first-order valence-electron chi connectivity index (χ1n) is 9.44. The summed E-state index contributed by atoms with van der Waals surface area (Å²) >= 11 is 0. The molecule has 6 nitrogen and oxygen atoms in total. The molecule has 3 aromatic rings. The summed E-state index contributed by atoms with van der Waals surface area (Å²) in [6.45, 7) is 6.27. The Morgan fingerprint density at radius 2 is 1.83 bits per heavy atom. The molecule has 2 aromatic carbocycles. The number of ether oxygens (including phenoxy) is 1. The van der Waals surface area contributed by atoms with Gasteiger partial charge in [0.1, 0.15) is 5.75 Å². The van der Waals surface area contributed by atoms with Gasteiger partial charge in [-0.1, -0.05) is 29.8 Å². The van der Waals surface area contributed by atoms with Gasteiger partial charge in [0.15, 0.2) is 0 Å². The summed E-state index contributed by atoms with van der Waals surface area (Å²) in [6, 6.07) is 17.9. The molecule has 0 bridgehead atoms. The van der Waals surface area contributed by atoms with Gasteiger partial charge in [0, 0.05) is 22.6 Å². The van der Waals surface area contributed by atoms with Crippen molar-refractivity contribution in [2.75, 3.05) is 19.0 Å². The molecule has 3 rings (SSSR count). The zero-order valence-electron chi connectivity index (χ0n) is 17.2. The molecule has 150 valence electrons. The molecular weight excluding hydrogens is 364 g/mol. The van der Waals surface area contributed by atoms with Gasteiger partial charge in [-0.05, 0) is 51.1 Å². The van der Waals surface area contributed by atoms with Gasteiger partial charge >= 0.3 is 0 Å². The first-order chi connectivity index (χ1) is 14.0. The van der Waals surface area contributed by atoms with E-state index in [4.69, 9.17) is 4.74 Å². The summed E-state index contributed by atoms with van der Waals surface area (Å²) in [5, 5.41) is 7.16. The number of nitrogens with zero attached hydrogens (tertiary/aromatic N) is 2. The van der Waals surface area contributed by atoms with Crippen LogP contribution in [0.1, 0.15) is 22.5 Å². The molecule has 2 N–H and O–H groups in total. The second-order valence-corrected chi connectivity index (χ2v) is 6.84. The largest absolute Gasteiger partial charge is 0.495 e. The second-order valence-electron chi connectivity index (χ2n) is 6.84. The Kier molecular flexibility index (Phi) is 6.34. The average molecular weight is 390 g/mol. The summed E-state index contributed by atoms with van der Waals surface area (Å²) in [5.74, 6) is 0.451. The van der Waals surface area contributed by atoms with E-state index in [1.54, 1.807) is 13.3 Å². The van der Waals surface area contributed by atoms with Crippen LogP contribution in [0.15, 0.2) is 59.7 Å². The van der Waals surface area contributed by atoms with Crippen LogP contribution in [0.3, 0.4) is 0 Å². The van der Waals surface area contributed by atoms with E-state index < -0.39 is 0 Å². The van der Waals surface area contributed by atoms with E-state index in [0.717, 1.165) is 28.3 Å². The molecule has 0 radical (unpaired) electrons. The quantitative estimate of drug-likeness (QED) is 0.474. The Balaban J connectivity index is 1.62. The lowest BCUT2D eigenvalue weighted by molar-refractivity contribution is -0.119. The average Bonchev–Trinajstić information content (AvgIpc) is 3.00. The van der Waals surface area contributed by atoms with E-state index in [1.165, 1.54) is 5.56 Å². The highest BCUT2D eigenvalue weighted by atomic mass is 16.5. The SMILES string of the molecule is COc1ccccc1NCC(=O)N/N=C/c1cc(C)n(-c2ccc(C)cc2)c1C. The Bertz CT molecular complexity index is 1020. The number of carbonyl (C=O) groups excluding carboxylic acids is 1. The minimum atomic E-state index is -0.237. The summed E-state index contributed by atoms with van der Waals surface area (Å²) in [6.07, 6.45) is 1.67. The molecule has 0 unspecified atom stereocenters. The van der Waals surface area contributed by atoms with Crippen LogP contribution in [0, 0.1) is 20.8 Å². The number of rotatable bonds is 7. The highest BCUT2D eigenvalue weighted by molar-refractivity contribution is 5.85. The van der Waals surface area contributed by atoms with Crippen molar-refractivity contribution in [3.05, 3.63) is 77.1 Å². The fourth-order valence-corrected chi connectivity index (χ4v) is 3.19. The number of hydrogen-bond donors (Lipinski definition) is 2. The fourth-order valence-electron chi connectivity index (χ4n) is 3.19. The van der Waals surface area contributed by atoms with Gasteiger partial charge in [-0.3, -0.25) is 4.79 Å². The molecule has 0 saturated heterocycles. The molecule has 1 amide bonds. The summed E-state index contributed by atoms with van der Waals surface area (Å²) in [5.41, 5.74) is 8.79. The molecule has 0 aliphatic rings. The number of hydrazone groups is 1. The van der Waals surface area contributed by atoms with E-state index in [9.17, 15) is 4.79 Å². The molecule has 0 aliphatic heterocycles. The molecule has 0 aliphatic carbocycles. The van der Waals surface area contributed by atoms with Crippen LogP contribution in [-0.4, -0.2) is 30.3 Å². The number of benzene rings is 2. The number of amides is 1. The highest BCUT2D eigenvalue weighted by Crippen LogP contribution is 2.22. The van der Waals surface area contributed by atoms with Gasteiger partial charge in [-0.15, -0.1) is 0 Å². The number of carbonyl (C=O) groups is 1. The smallest absolute Gasteiger partial charge is 0.259 e. The van der Waals surface area contributed by atoms with Crippen molar-refractivity contribution >= 4 is 17.8 Å². The maximum Gasteiger partial charge on any atom is 0.259 e. The standard InChI is InChI=1S/C23H26N4O2/c1-16-9-11-20(12-10-16)27-17(2)13-19(18(27)3)14-25-26-23(28)15-24-21-7-5-6-8-22(21)29-4/h5-14,24H,15H2,1-4H3,(H,26,28)/b25-14+. The zero-order valence-corrected chi connectivity index (χ0v) is 17.2. The van der Waals surface area contributed by atoms with Crippen molar-refractivity contribution in [1.29, 1.82) is 0 Å². The Morgan fingerprint density at radius 1 is 1.10 bits per heavy atom. The van der Waals surface area contributed by atoms with Crippen LogP contribution in [0.4, 0.5) is 5.69 Å². The van der Waals surface area contributed by atoms with Crippen LogP contribution in [0.25, 0.3) is 5.69 Å². The van der Waals surface area contributed by atoms with Gasteiger partial charge < -0.3 is 14.6 Å². The number of nitrogens with one attached hydrogen (secondary N) is 2. The molecule has 0 spiro atoms. The third-order valence-corrected chi connectivity index (χ3v) is 4.70. The lowest BCUT2D eigenvalue weighted by Crippen LogP contribution is -2.26. The van der Waals surface area contributed by atoms with Crippen molar-refractivity contribution < 1.29 is 9.53 Å². The summed E-state index contributed by atoms with van der Waals surface area (Å²) in [7, 11) is 1.60. The number of hydrogen-bond acceptors (Lipinski definition) is 4. The number of methoxy groups -OCH3 is 1. The van der Waals surface area contributed by atoms with Gasteiger partial charge in [0.25, 0.3) is 5.91 Å². The minimum Gasteiger partial charge on any atom is -0.495 e. The number of para-hydroxylation sites is 2. The van der Waals surface area contributed by atoms with E-state index in [0.29, 0.717) is 5.75 Å². The molecule has 0 atom stereocenters. The minimum absolute atomic E-state index is 0.0973. The highest BCUT2D eigenvalue weighted by Gasteiger charge is 2.09. The first-order valence-corrected chi connectivity index (χ1v) is 9.44. The number of aromatic nitrogens is 1. The Labute approximate surface area is 171 Å². The predicted octanol–water partition coefficient (Wildman–Crippen LogP) is 3.97. The van der Waals surface area contributed by atoms with Crippen molar-refractivity contribution in [3.63, 3.8) is 0 Å². The Morgan fingerprint density at radius 3 is 2.55 bits per heavy atom.